The van der Waals surface area contributed by atoms with Gasteiger partial charge >= 0.3 is 6.18 Å². The summed E-state index contributed by atoms with van der Waals surface area (Å²) in [6.45, 7) is 0.223. The zero-order chi connectivity index (χ0) is 27.6. The third-order valence-corrected chi connectivity index (χ3v) is 6.79. The summed E-state index contributed by atoms with van der Waals surface area (Å²) >= 11 is 5.65. The predicted molar refractivity (Wildman–Crippen MR) is 143 cm³/mol. The largest absolute Gasteiger partial charge is 0.416 e. The summed E-state index contributed by atoms with van der Waals surface area (Å²) in [5.74, 6) is -0.702. The van der Waals surface area contributed by atoms with Gasteiger partial charge in [0.15, 0.2) is 5.11 Å². The van der Waals surface area contributed by atoms with Gasteiger partial charge in [-0.3, -0.25) is 9.78 Å². The van der Waals surface area contributed by atoms with Crippen LogP contribution in [-0.4, -0.2) is 32.0 Å². The average molecular weight is 554 g/mol. The van der Waals surface area contributed by atoms with Crippen molar-refractivity contribution in [2.75, 3.05) is 11.9 Å². The molecule has 0 unspecified atom stereocenters. The molecule has 1 aliphatic heterocycles. The van der Waals surface area contributed by atoms with Gasteiger partial charge in [-0.25, -0.2) is 4.39 Å². The number of aromatic nitrogens is 2. The number of amides is 1. The number of hydrogen-bond acceptors (Lipinski definition) is 3. The van der Waals surface area contributed by atoms with Gasteiger partial charge in [0.25, 0.3) is 0 Å². The maximum atomic E-state index is 13.5. The van der Waals surface area contributed by atoms with E-state index in [0.29, 0.717) is 27.9 Å². The van der Waals surface area contributed by atoms with E-state index in [1.807, 2.05) is 23.1 Å². The molecule has 1 amide bonds. The Kier molecular flexibility index (Phi) is 7.34. The van der Waals surface area contributed by atoms with Crippen LogP contribution >= 0.6 is 12.2 Å². The Balaban J connectivity index is 1.46. The molecular formula is C28H23F4N5OS. The number of hydrogen-bond donors (Lipinski definition) is 2. The molecule has 5 rings (SSSR count). The van der Waals surface area contributed by atoms with Gasteiger partial charge in [0.1, 0.15) is 5.82 Å². The molecule has 6 nitrogen and oxygen atoms in total. The molecule has 3 heterocycles. The van der Waals surface area contributed by atoms with Crippen LogP contribution in [0.2, 0.25) is 0 Å². The van der Waals surface area contributed by atoms with Gasteiger partial charge in [0.2, 0.25) is 5.91 Å². The van der Waals surface area contributed by atoms with Gasteiger partial charge in [-0.05, 0) is 78.9 Å². The molecule has 0 aliphatic carbocycles. The molecule has 2 aromatic carbocycles. The monoisotopic (exact) mass is 553 g/mol. The Morgan fingerprint density at radius 2 is 1.82 bits per heavy atom. The number of benzene rings is 2. The number of alkyl halides is 3. The maximum absolute atomic E-state index is 13.5. The van der Waals surface area contributed by atoms with E-state index in [2.05, 4.69) is 15.6 Å². The van der Waals surface area contributed by atoms with Gasteiger partial charge < -0.3 is 20.1 Å². The van der Waals surface area contributed by atoms with Crippen LogP contribution in [0, 0.1) is 5.82 Å². The lowest BCUT2D eigenvalue weighted by atomic mass is 10.0. The number of carbonyl (C=O) groups excluding carboxylic acids is 1. The first-order chi connectivity index (χ1) is 18.7. The van der Waals surface area contributed by atoms with Crippen LogP contribution in [0.5, 0.6) is 0 Å². The average Bonchev–Trinajstić information content (AvgIpc) is 3.53. The van der Waals surface area contributed by atoms with E-state index in [1.165, 1.54) is 30.3 Å². The number of carbonyl (C=O) groups is 1. The van der Waals surface area contributed by atoms with E-state index >= 15 is 0 Å². The molecule has 0 spiro atoms. The molecule has 1 saturated heterocycles. The Hall–Kier alpha value is -4.25. The fraction of sp³-hybridized carbons (Fsp3) is 0.179. The van der Waals surface area contributed by atoms with Crippen LogP contribution in [0.3, 0.4) is 0 Å². The number of rotatable bonds is 7. The maximum Gasteiger partial charge on any atom is 0.416 e. The molecule has 0 radical (unpaired) electrons. The minimum Gasteiger partial charge on any atom is -0.352 e. The van der Waals surface area contributed by atoms with Crippen LogP contribution < -0.4 is 10.6 Å². The molecule has 4 aromatic rings. The first-order valence-electron chi connectivity index (χ1n) is 12.1. The molecule has 0 saturated carbocycles. The van der Waals surface area contributed by atoms with E-state index in [-0.39, 0.29) is 18.9 Å². The molecule has 2 N–H and O–H groups in total. The molecule has 11 heteroatoms. The third-order valence-electron chi connectivity index (χ3n) is 6.44. The number of halogens is 4. The Labute approximate surface area is 227 Å². The summed E-state index contributed by atoms with van der Waals surface area (Å²) in [7, 11) is 0. The molecule has 39 heavy (non-hydrogen) atoms. The summed E-state index contributed by atoms with van der Waals surface area (Å²) in [5, 5.41) is 6.41. The Bertz CT molecular complexity index is 1470. The van der Waals surface area contributed by atoms with Crippen LogP contribution in [-0.2, 0) is 11.0 Å². The first-order valence-corrected chi connectivity index (χ1v) is 12.5. The minimum atomic E-state index is -4.49. The van der Waals surface area contributed by atoms with Crippen LogP contribution in [0.1, 0.15) is 35.5 Å². The number of anilines is 1. The first kappa shape index (κ1) is 26.4. The SMILES string of the molecule is O=C(CCN1C(=S)N[C@H](c2ccccn2)[C@H]1c1cccn1-c1cccc(C(F)(F)F)c1)Nc1ccc(F)cc1. The summed E-state index contributed by atoms with van der Waals surface area (Å²) in [6, 6.07) is 18.7. The van der Waals surface area contributed by atoms with Crippen molar-refractivity contribution in [3.8, 4) is 5.69 Å². The van der Waals surface area contributed by atoms with Crippen molar-refractivity contribution in [1.82, 2.24) is 19.8 Å². The smallest absolute Gasteiger partial charge is 0.352 e. The summed E-state index contributed by atoms with van der Waals surface area (Å²) < 4.78 is 55.2. The quantitative estimate of drug-likeness (QED) is 0.216. The molecular weight excluding hydrogens is 530 g/mol. The highest BCUT2D eigenvalue weighted by Gasteiger charge is 2.41. The highest BCUT2D eigenvalue weighted by Crippen LogP contribution is 2.40. The molecule has 200 valence electrons. The highest BCUT2D eigenvalue weighted by atomic mass is 32.1. The fourth-order valence-electron chi connectivity index (χ4n) is 4.65. The van der Waals surface area contributed by atoms with E-state index in [1.54, 1.807) is 35.2 Å². The molecule has 2 atom stereocenters. The third kappa shape index (κ3) is 5.78. The van der Waals surface area contributed by atoms with Gasteiger partial charge in [-0.2, -0.15) is 13.2 Å². The Morgan fingerprint density at radius 1 is 1.03 bits per heavy atom. The van der Waals surface area contributed by atoms with Gasteiger partial charge in [-0.1, -0.05) is 12.1 Å². The molecule has 1 aliphatic rings. The van der Waals surface area contributed by atoms with E-state index < -0.39 is 29.6 Å². The standard InChI is InChI=1S/C28H23F4N5OS/c29-19-9-11-20(12-10-19)34-24(38)13-16-37-26(25(35-27(37)39)22-7-1-2-14-33-22)23-8-4-15-36(23)21-6-3-5-18(17-21)28(30,31)32/h1-12,14-15,17,25-26H,13,16H2,(H,34,38)(H,35,39)/t25-,26-/m1/s1. The van der Waals surface area contributed by atoms with Crippen LogP contribution in [0.25, 0.3) is 5.69 Å². The molecule has 2 aromatic heterocycles. The summed E-state index contributed by atoms with van der Waals surface area (Å²) in [6.07, 6.45) is -1.07. The van der Waals surface area contributed by atoms with Gasteiger partial charge in [-0.15, -0.1) is 0 Å². The summed E-state index contributed by atoms with van der Waals surface area (Å²) in [5.41, 5.74) is 1.42. The second-order valence-electron chi connectivity index (χ2n) is 8.98. The minimum absolute atomic E-state index is 0.0644. The zero-order valence-corrected chi connectivity index (χ0v) is 21.2. The van der Waals surface area contributed by atoms with Crippen LogP contribution in [0.15, 0.2) is 91.3 Å². The van der Waals surface area contributed by atoms with Gasteiger partial charge in [0.05, 0.1) is 23.3 Å². The normalized spacial score (nSPS) is 17.2. The van der Waals surface area contributed by atoms with Crippen molar-refractivity contribution in [2.45, 2.75) is 24.7 Å². The van der Waals surface area contributed by atoms with Crippen molar-refractivity contribution < 1.29 is 22.4 Å². The predicted octanol–water partition coefficient (Wildman–Crippen LogP) is 6.03. The van der Waals surface area contributed by atoms with Crippen molar-refractivity contribution in [1.29, 1.82) is 0 Å². The highest BCUT2D eigenvalue weighted by molar-refractivity contribution is 7.80. The lowest BCUT2D eigenvalue weighted by molar-refractivity contribution is -0.137. The number of pyridine rings is 1. The lowest BCUT2D eigenvalue weighted by Gasteiger charge is -2.29. The lowest BCUT2D eigenvalue weighted by Crippen LogP contribution is -2.33. The Morgan fingerprint density at radius 3 is 2.54 bits per heavy atom. The van der Waals surface area contributed by atoms with Crippen molar-refractivity contribution in [2.24, 2.45) is 0 Å². The number of nitrogens with zero attached hydrogens (tertiary/aromatic N) is 3. The van der Waals surface area contributed by atoms with E-state index in [9.17, 15) is 22.4 Å². The molecule has 1 fully saturated rings. The van der Waals surface area contributed by atoms with Crippen LogP contribution in [0.4, 0.5) is 23.2 Å². The van der Waals surface area contributed by atoms with E-state index in [4.69, 9.17) is 12.2 Å². The van der Waals surface area contributed by atoms with Crippen molar-refractivity contribution in [3.05, 3.63) is 114 Å². The molecule has 0 bridgehead atoms. The van der Waals surface area contributed by atoms with Crippen molar-refractivity contribution in [3.63, 3.8) is 0 Å². The number of thiocarbonyl (C=S) groups is 1. The fourth-order valence-corrected chi connectivity index (χ4v) is 4.98. The van der Waals surface area contributed by atoms with Gasteiger partial charge in [0, 0.05) is 42.4 Å². The number of nitrogens with one attached hydrogen (secondary N) is 2. The second-order valence-corrected chi connectivity index (χ2v) is 9.36. The second kappa shape index (κ2) is 10.9. The zero-order valence-electron chi connectivity index (χ0n) is 20.4. The topological polar surface area (TPSA) is 62.2 Å². The van der Waals surface area contributed by atoms with Crippen molar-refractivity contribution >= 4 is 28.9 Å². The summed E-state index contributed by atoms with van der Waals surface area (Å²) in [4.78, 5) is 19.0. The van der Waals surface area contributed by atoms with E-state index in [0.717, 1.165) is 12.1 Å².